The van der Waals surface area contributed by atoms with E-state index >= 15 is 0 Å². The zero-order valence-electron chi connectivity index (χ0n) is 16.0. The third-order valence-corrected chi connectivity index (χ3v) is 4.19. The molecule has 2 rings (SSSR count). The summed E-state index contributed by atoms with van der Waals surface area (Å²) in [5.41, 5.74) is 2.49. The van der Waals surface area contributed by atoms with Crippen LogP contribution in [0.5, 0.6) is 0 Å². The Hall–Kier alpha value is -3.10. The molecular formula is C23H25NO4. The van der Waals surface area contributed by atoms with Crippen LogP contribution in [0.3, 0.4) is 0 Å². The minimum atomic E-state index is -1.03. The van der Waals surface area contributed by atoms with Crippen molar-refractivity contribution < 1.29 is 19.4 Å². The molecule has 0 saturated heterocycles. The van der Waals surface area contributed by atoms with E-state index in [1.165, 1.54) is 7.11 Å². The lowest BCUT2D eigenvalue weighted by atomic mass is 10.1. The minimum absolute atomic E-state index is 0.000370. The molecule has 0 saturated carbocycles. The van der Waals surface area contributed by atoms with Gasteiger partial charge in [0.15, 0.2) is 6.10 Å². The molecule has 0 heterocycles. The zero-order valence-corrected chi connectivity index (χ0v) is 16.0. The smallest absolute Gasteiger partial charge is 0.337 e. The van der Waals surface area contributed by atoms with Crippen LogP contribution < -0.4 is 5.32 Å². The Labute approximate surface area is 165 Å². The van der Waals surface area contributed by atoms with Gasteiger partial charge in [-0.1, -0.05) is 54.3 Å². The highest BCUT2D eigenvalue weighted by molar-refractivity contribution is 5.76. The van der Waals surface area contributed by atoms with Crippen molar-refractivity contribution in [3.8, 4) is 11.8 Å². The summed E-state index contributed by atoms with van der Waals surface area (Å²) in [6.07, 6.45) is 1.94. The third-order valence-electron chi connectivity index (χ3n) is 4.19. The summed E-state index contributed by atoms with van der Waals surface area (Å²) in [7, 11) is 1.36. The van der Waals surface area contributed by atoms with Crippen molar-refractivity contribution in [1.29, 1.82) is 0 Å². The van der Waals surface area contributed by atoms with Crippen LogP contribution in [-0.2, 0) is 20.9 Å². The number of carboxylic acid groups (broad SMARTS) is 1. The topological polar surface area (TPSA) is 75.6 Å². The minimum Gasteiger partial charge on any atom is -0.479 e. The van der Waals surface area contributed by atoms with Gasteiger partial charge < -0.3 is 15.2 Å². The van der Waals surface area contributed by atoms with Gasteiger partial charge in [0.2, 0.25) is 5.91 Å². The number of hydrogen-bond acceptors (Lipinski definition) is 3. The predicted octanol–water partition coefficient (Wildman–Crippen LogP) is 3.69. The average molecular weight is 379 g/mol. The highest BCUT2D eigenvalue weighted by Crippen LogP contribution is 2.17. The number of methoxy groups -OCH3 is 1. The number of benzene rings is 2. The molecule has 2 aromatic rings. The van der Waals surface area contributed by atoms with Gasteiger partial charge in [-0.3, -0.25) is 4.79 Å². The number of hydrogen-bond donors (Lipinski definition) is 2. The molecule has 5 heteroatoms. The van der Waals surface area contributed by atoms with E-state index in [1.54, 1.807) is 24.3 Å². The molecule has 5 nitrogen and oxygen atoms in total. The Bertz CT molecular complexity index is 819. The number of carboxylic acids is 1. The lowest BCUT2D eigenvalue weighted by molar-refractivity contribution is -0.148. The van der Waals surface area contributed by atoms with Crippen molar-refractivity contribution in [2.45, 2.75) is 38.3 Å². The second-order valence-corrected chi connectivity index (χ2v) is 6.35. The molecular weight excluding hydrogens is 354 g/mol. The maximum Gasteiger partial charge on any atom is 0.337 e. The maximum atomic E-state index is 11.9. The van der Waals surface area contributed by atoms with Crippen molar-refractivity contribution in [2.24, 2.45) is 0 Å². The predicted molar refractivity (Wildman–Crippen MR) is 107 cm³/mol. The Morgan fingerprint density at radius 3 is 2.43 bits per heavy atom. The summed E-state index contributed by atoms with van der Waals surface area (Å²) >= 11 is 0. The molecule has 2 N–H and O–H groups in total. The fourth-order valence-corrected chi connectivity index (χ4v) is 2.66. The zero-order chi connectivity index (χ0) is 20.2. The summed E-state index contributed by atoms with van der Waals surface area (Å²) in [6, 6.07) is 16.8. The number of carbonyl (C=O) groups is 2. The molecule has 0 spiro atoms. The first kappa shape index (κ1) is 21.2. The summed E-state index contributed by atoms with van der Waals surface area (Å²) in [5, 5.41) is 12.0. The standard InChI is InChI=1S/C23H25NO4/c1-28-22(23(26)27)20-15-13-19(14-16-20)17-24-21(25)12-8-3-2-5-9-18-10-6-4-7-11-18/h4,6-7,10-11,13-16,22H,2-3,8,12,17H2,1H3,(H,24,25)(H,26,27). The van der Waals surface area contributed by atoms with E-state index < -0.39 is 12.1 Å². The molecule has 146 valence electrons. The first-order valence-electron chi connectivity index (χ1n) is 9.25. The monoisotopic (exact) mass is 379 g/mol. The van der Waals surface area contributed by atoms with E-state index in [0.717, 1.165) is 30.4 Å². The van der Waals surface area contributed by atoms with Gasteiger partial charge in [-0.15, -0.1) is 0 Å². The van der Waals surface area contributed by atoms with Gasteiger partial charge >= 0.3 is 5.97 Å². The second kappa shape index (κ2) is 11.6. The van der Waals surface area contributed by atoms with Gasteiger partial charge in [-0.25, -0.2) is 4.79 Å². The quantitative estimate of drug-likeness (QED) is 0.515. The average Bonchev–Trinajstić information content (AvgIpc) is 2.71. The molecule has 0 bridgehead atoms. The molecule has 1 atom stereocenters. The van der Waals surface area contributed by atoms with Crippen molar-refractivity contribution in [1.82, 2.24) is 5.32 Å². The first-order valence-corrected chi connectivity index (χ1v) is 9.25. The Morgan fingerprint density at radius 1 is 1.07 bits per heavy atom. The van der Waals surface area contributed by atoms with Gasteiger partial charge in [0.1, 0.15) is 0 Å². The van der Waals surface area contributed by atoms with E-state index in [1.807, 2.05) is 30.3 Å². The molecule has 28 heavy (non-hydrogen) atoms. The van der Waals surface area contributed by atoms with Crippen LogP contribution in [0.4, 0.5) is 0 Å². The number of ether oxygens (including phenoxy) is 1. The van der Waals surface area contributed by atoms with Crippen LogP contribution in [0.1, 0.15) is 48.5 Å². The molecule has 0 radical (unpaired) electrons. The van der Waals surface area contributed by atoms with Crippen LogP contribution in [0.15, 0.2) is 54.6 Å². The van der Waals surface area contributed by atoms with Gasteiger partial charge in [0.05, 0.1) is 0 Å². The third kappa shape index (κ3) is 7.26. The molecule has 0 fully saturated rings. The Kier molecular flexibility index (Phi) is 8.77. The van der Waals surface area contributed by atoms with Crippen LogP contribution in [0.25, 0.3) is 0 Å². The van der Waals surface area contributed by atoms with Crippen molar-refractivity contribution in [2.75, 3.05) is 7.11 Å². The Balaban J connectivity index is 1.66. The molecule has 0 aliphatic rings. The molecule has 0 aliphatic carbocycles. The fourth-order valence-electron chi connectivity index (χ4n) is 2.66. The number of rotatable bonds is 9. The lowest BCUT2D eigenvalue weighted by Gasteiger charge is -2.11. The van der Waals surface area contributed by atoms with E-state index in [-0.39, 0.29) is 5.91 Å². The summed E-state index contributed by atoms with van der Waals surface area (Å²) in [5.74, 6) is 5.20. The number of carbonyl (C=O) groups excluding carboxylic acids is 1. The number of nitrogens with one attached hydrogen (secondary N) is 1. The number of amides is 1. The van der Waals surface area contributed by atoms with Crippen molar-refractivity contribution >= 4 is 11.9 Å². The highest BCUT2D eigenvalue weighted by Gasteiger charge is 2.18. The molecule has 2 aromatic carbocycles. The lowest BCUT2D eigenvalue weighted by Crippen LogP contribution is -2.22. The van der Waals surface area contributed by atoms with E-state index in [9.17, 15) is 9.59 Å². The van der Waals surface area contributed by atoms with Gasteiger partial charge in [-0.05, 0) is 36.1 Å². The summed E-state index contributed by atoms with van der Waals surface area (Å²) in [4.78, 5) is 23.0. The molecule has 1 amide bonds. The van der Waals surface area contributed by atoms with Gasteiger partial charge in [0.25, 0.3) is 0 Å². The van der Waals surface area contributed by atoms with Crippen LogP contribution >= 0.6 is 0 Å². The molecule has 0 aromatic heterocycles. The van der Waals surface area contributed by atoms with E-state index in [4.69, 9.17) is 9.84 Å². The van der Waals surface area contributed by atoms with Crippen LogP contribution in [-0.4, -0.2) is 24.1 Å². The molecule has 1 unspecified atom stereocenters. The van der Waals surface area contributed by atoms with Gasteiger partial charge in [-0.2, -0.15) is 0 Å². The van der Waals surface area contributed by atoms with E-state index in [2.05, 4.69) is 17.2 Å². The number of unbranched alkanes of at least 4 members (excludes halogenated alkanes) is 2. The number of aliphatic carboxylic acids is 1. The normalized spacial score (nSPS) is 11.2. The molecule has 0 aliphatic heterocycles. The fraction of sp³-hybridized carbons (Fsp3) is 0.304. The van der Waals surface area contributed by atoms with Crippen LogP contribution in [0, 0.1) is 11.8 Å². The highest BCUT2D eigenvalue weighted by atomic mass is 16.5. The SMILES string of the molecule is COC(C(=O)O)c1ccc(CNC(=O)CCCCC#Cc2ccccc2)cc1. The maximum absolute atomic E-state index is 11.9. The summed E-state index contributed by atoms with van der Waals surface area (Å²) < 4.78 is 4.95. The largest absolute Gasteiger partial charge is 0.479 e. The van der Waals surface area contributed by atoms with Crippen molar-refractivity contribution in [3.05, 3.63) is 71.3 Å². The van der Waals surface area contributed by atoms with E-state index in [0.29, 0.717) is 18.5 Å². The first-order chi connectivity index (χ1) is 13.6. The van der Waals surface area contributed by atoms with Crippen LogP contribution in [0.2, 0.25) is 0 Å². The van der Waals surface area contributed by atoms with Crippen molar-refractivity contribution in [3.63, 3.8) is 0 Å². The Morgan fingerprint density at radius 2 is 1.79 bits per heavy atom. The second-order valence-electron chi connectivity index (χ2n) is 6.35. The summed E-state index contributed by atoms with van der Waals surface area (Å²) in [6.45, 7) is 0.414. The van der Waals surface area contributed by atoms with Gasteiger partial charge in [0, 0.05) is 32.1 Å².